The van der Waals surface area contributed by atoms with Crippen LogP contribution in [0.5, 0.6) is 17.2 Å². The number of ether oxygens (including phenoxy) is 2. The van der Waals surface area contributed by atoms with Crippen molar-refractivity contribution in [3.63, 3.8) is 0 Å². The number of guanidine groups is 1. The molecule has 0 saturated heterocycles. The zero-order chi connectivity index (χ0) is 29.6. The molecule has 8 nitrogen and oxygen atoms in total. The standard InChI is InChI=1S/C33H40N4O4/c1-21-22(2)31-28(23(3)30(21)39)17-19-33(4,41-31)18-5-6-20-40-27-14-12-25(13-15-27)36-29(38)16-9-24-7-10-26(11-8-24)37-32(34)35/h7-16,39H,5-6,17-20H2,1-4H3,(H,36,38)(H4,34,35,37)/b16-9+. The minimum atomic E-state index is -0.233. The summed E-state index contributed by atoms with van der Waals surface area (Å²) in [5, 5.41) is 23.2. The van der Waals surface area contributed by atoms with E-state index in [9.17, 15) is 9.90 Å². The second-order valence-corrected chi connectivity index (χ2v) is 10.9. The summed E-state index contributed by atoms with van der Waals surface area (Å²) in [4.78, 5) is 12.3. The second-order valence-electron chi connectivity index (χ2n) is 10.9. The summed E-state index contributed by atoms with van der Waals surface area (Å²) >= 11 is 0. The average molecular weight is 557 g/mol. The number of anilines is 2. The SMILES string of the molecule is Cc1c(C)c2c(c(C)c1O)CCC(C)(CCCCOc1ccc(NC(=O)/C=C/c3ccc(NC(=N)N)cc3)cc1)O2. The first kappa shape index (κ1) is 29.5. The van der Waals surface area contributed by atoms with E-state index in [1.807, 2.05) is 57.2 Å². The van der Waals surface area contributed by atoms with Crippen molar-refractivity contribution in [1.82, 2.24) is 0 Å². The number of carbonyl (C=O) groups excluding carboxylic acids is 1. The van der Waals surface area contributed by atoms with Crippen LogP contribution in [0.1, 0.15) is 60.4 Å². The summed E-state index contributed by atoms with van der Waals surface area (Å²) in [7, 11) is 0. The molecule has 1 amide bonds. The van der Waals surface area contributed by atoms with Gasteiger partial charge in [-0.05, 0) is 125 Å². The molecule has 41 heavy (non-hydrogen) atoms. The van der Waals surface area contributed by atoms with E-state index < -0.39 is 0 Å². The Morgan fingerprint density at radius 1 is 1.02 bits per heavy atom. The minimum absolute atomic E-state index is 0.126. The first-order valence-electron chi connectivity index (χ1n) is 14.0. The summed E-state index contributed by atoms with van der Waals surface area (Å²) in [5.41, 5.74) is 11.3. The highest BCUT2D eigenvalue weighted by Crippen LogP contribution is 2.44. The molecule has 1 aliphatic heterocycles. The van der Waals surface area contributed by atoms with Gasteiger partial charge in [-0.3, -0.25) is 10.2 Å². The lowest BCUT2D eigenvalue weighted by atomic mass is 9.85. The fourth-order valence-electron chi connectivity index (χ4n) is 5.09. The predicted octanol–water partition coefficient (Wildman–Crippen LogP) is 6.61. The number of benzene rings is 3. The molecule has 0 spiro atoms. The number of unbranched alkanes of at least 4 members (excludes halogenated alkanes) is 1. The molecule has 1 aliphatic rings. The van der Waals surface area contributed by atoms with Gasteiger partial charge in [0.1, 0.15) is 22.8 Å². The minimum Gasteiger partial charge on any atom is -0.507 e. The first-order valence-corrected chi connectivity index (χ1v) is 14.0. The Morgan fingerprint density at radius 2 is 1.68 bits per heavy atom. The number of amides is 1. The van der Waals surface area contributed by atoms with E-state index in [1.165, 1.54) is 6.08 Å². The Kier molecular flexibility index (Phi) is 9.22. The molecule has 0 fully saturated rings. The second kappa shape index (κ2) is 12.8. The number of aromatic hydroxyl groups is 1. The zero-order valence-corrected chi connectivity index (χ0v) is 24.3. The van der Waals surface area contributed by atoms with Crippen molar-refractivity contribution in [2.45, 2.75) is 65.4 Å². The topological polar surface area (TPSA) is 130 Å². The number of phenolic OH excluding ortho intramolecular Hbond substituents is 1. The van der Waals surface area contributed by atoms with Gasteiger partial charge in [0.15, 0.2) is 5.96 Å². The van der Waals surface area contributed by atoms with Crippen molar-refractivity contribution in [3.05, 3.63) is 82.4 Å². The number of nitrogens with two attached hydrogens (primary N) is 1. The quantitative estimate of drug-likeness (QED) is 0.0827. The molecule has 1 atom stereocenters. The Balaban J connectivity index is 1.19. The van der Waals surface area contributed by atoms with Gasteiger partial charge in [-0.15, -0.1) is 0 Å². The van der Waals surface area contributed by atoms with Gasteiger partial charge in [-0.2, -0.15) is 0 Å². The van der Waals surface area contributed by atoms with Gasteiger partial charge in [0.2, 0.25) is 5.91 Å². The summed E-state index contributed by atoms with van der Waals surface area (Å²) in [6.45, 7) is 8.73. The van der Waals surface area contributed by atoms with Gasteiger partial charge in [-0.25, -0.2) is 0 Å². The van der Waals surface area contributed by atoms with E-state index in [0.717, 1.165) is 71.4 Å². The highest BCUT2D eigenvalue weighted by atomic mass is 16.5. The molecular weight excluding hydrogens is 516 g/mol. The van der Waals surface area contributed by atoms with E-state index in [2.05, 4.69) is 17.6 Å². The van der Waals surface area contributed by atoms with E-state index >= 15 is 0 Å². The van der Waals surface area contributed by atoms with Crippen LogP contribution in [0.2, 0.25) is 0 Å². The zero-order valence-electron chi connectivity index (χ0n) is 24.3. The van der Waals surface area contributed by atoms with Gasteiger partial charge in [0.25, 0.3) is 0 Å². The van der Waals surface area contributed by atoms with Crippen LogP contribution in [0.4, 0.5) is 11.4 Å². The highest BCUT2D eigenvalue weighted by Gasteiger charge is 2.34. The van der Waals surface area contributed by atoms with Crippen LogP contribution < -0.4 is 25.8 Å². The molecule has 0 aliphatic carbocycles. The molecule has 0 saturated carbocycles. The maximum absolute atomic E-state index is 12.3. The average Bonchev–Trinajstić information content (AvgIpc) is 2.95. The third kappa shape index (κ3) is 7.60. The number of nitrogens with one attached hydrogen (secondary N) is 3. The van der Waals surface area contributed by atoms with Crippen molar-refractivity contribution in [2.24, 2.45) is 5.73 Å². The third-order valence-electron chi connectivity index (χ3n) is 7.70. The fourth-order valence-corrected chi connectivity index (χ4v) is 5.09. The number of fused-ring (bicyclic) bond motifs is 1. The number of carbonyl (C=O) groups is 1. The highest BCUT2D eigenvalue weighted by molar-refractivity contribution is 6.02. The van der Waals surface area contributed by atoms with Gasteiger partial charge in [-0.1, -0.05) is 12.1 Å². The Hall–Kier alpha value is -4.46. The molecule has 3 aromatic rings. The van der Waals surface area contributed by atoms with Crippen molar-refractivity contribution < 1.29 is 19.4 Å². The maximum Gasteiger partial charge on any atom is 0.248 e. The van der Waals surface area contributed by atoms with Crippen molar-refractivity contribution in [1.29, 1.82) is 5.41 Å². The summed E-state index contributed by atoms with van der Waals surface area (Å²) in [6.07, 6.45) is 7.86. The molecule has 0 radical (unpaired) electrons. The van der Waals surface area contributed by atoms with Crippen LogP contribution in [0.25, 0.3) is 6.08 Å². The van der Waals surface area contributed by atoms with Crippen molar-refractivity contribution >= 4 is 29.3 Å². The predicted molar refractivity (Wildman–Crippen MR) is 165 cm³/mol. The molecule has 0 bridgehead atoms. The van der Waals surface area contributed by atoms with Crippen LogP contribution in [0.3, 0.4) is 0 Å². The maximum atomic E-state index is 12.3. The van der Waals surface area contributed by atoms with E-state index in [1.54, 1.807) is 18.2 Å². The van der Waals surface area contributed by atoms with Gasteiger partial charge in [0, 0.05) is 23.0 Å². The van der Waals surface area contributed by atoms with Crippen LogP contribution in [-0.4, -0.2) is 29.2 Å². The number of rotatable bonds is 10. The summed E-state index contributed by atoms with van der Waals surface area (Å²) < 4.78 is 12.5. The van der Waals surface area contributed by atoms with Crippen molar-refractivity contribution in [2.75, 3.05) is 17.2 Å². The molecule has 3 aromatic carbocycles. The molecule has 0 aromatic heterocycles. The monoisotopic (exact) mass is 556 g/mol. The van der Waals surface area contributed by atoms with Gasteiger partial charge < -0.3 is 30.9 Å². The molecule has 1 unspecified atom stereocenters. The smallest absolute Gasteiger partial charge is 0.248 e. The number of phenols is 1. The van der Waals surface area contributed by atoms with Crippen molar-refractivity contribution in [3.8, 4) is 17.2 Å². The van der Waals surface area contributed by atoms with E-state index in [-0.39, 0.29) is 17.5 Å². The lowest BCUT2D eigenvalue weighted by Crippen LogP contribution is -2.37. The van der Waals surface area contributed by atoms with E-state index in [0.29, 0.717) is 23.7 Å². The number of hydrogen-bond acceptors (Lipinski definition) is 5. The Morgan fingerprint density at radius 3 is 2.37 bits per heavy atom. The first-order chi connectivity index (χ1) is 19.5. The summed E-state index contributed by atoms with van der Waals surface area (Å²) in [6, 6.07) is 14.6. The molecule has 8 heteroatoms. The molecule has 4 rings (SSSR count). The summed E-state index contributed by atoms with van der Waals surface area (Å²) in [5.74, 6) is 1.74. The van der Waals surface area contributed by atoms with Crippen LogP contribution in [0, 0.1) is 26.2 Å². The van der Waals surface area contributed by atoms with Crippen LogP contribution in [-0.2, 0) is 11.2 Å². The lowest BCUT2D eigenvalue weighted by molar-refractivity contribution is -0.111. The molecule has 216 valence electrons. The van der Waals surface area contributed by atoms with Crippen LogP contribution in [0.15, 0.2) is 54.6 Å². The Labute approximate surface area is 242 Å². The van der Waals surface area contributed by atoms with E-state index in [4.69, 9.17) is 20.6 Å². The fraction of sp³-hybridized carbons (Fsp3) is 0.333. The third-order valence-corrected chi connectivity index (χ3v) is 7.70. The normalized spacial score (nSPS) is 16.1. The lowest BCUT2D eigenvalue weighted by Gasteiger charge is -2.38. The van der Waals surface area contributed by atoms with Crippen LogP contribution >= 0.6 is 0 Å². The van der Waals surface area contributed by atoms with Gasteiger partial charge >= 0.3 is 0 Å². The molecular formula is C33H40N4O4. The molecule has 1 heterocycles. The molecule has 6 N–H and O–H groups in total. The van der Waals surface area contributed by atoms with Gasteiger partial charge in [0.05, 0.1) is 6.61 Å². The Bertz CT molecular complexity index is 1430. The number of hydrogen-bond donors (Lipinski definition) is 5. The largest absolute Gasteiger partial charge is 0.507 e.